The molecule has 2 bridgehead atoms. The van der Waals surface area contributed by atoms with Gasteiger partial charge in [-0.25, -0.2) is 0 Å². The Kier molecular flexibility index (Phi) is 5.40. The summed E-state index contributed by atoms with van der Waals surface area (Å²) < 4.78 is 6.58. The van der Waals surface area contributed by atoms with Gasteiger partial charge < -0.3 is 14.7 Å². The SMILES string of the molecule is Cc1cccc(C=CC(=O)N(C)[C@H]2CCC3([N+](=O)[O-])[C@H]4Cc5ccc(O)c6c5[C@@]3(CCN4CC3CC3)[C@H]2O6)c1. The quantitative estimate of drug-likeness (QED) is 0.344. The minimum atomic E-state index is -1.21. The number of aromatic hydroxyl groups is 1. The van der Waals surface area contributed by atoms with Gasteiger partial charge in [0.25, 0.3) is 5.54 Å². The molecule has 1 N–H and O–H groups in total. The lowest BCUT2D eigenvalue weighted by molar-refractivity contribution is -0.606. The smallest absolute Gasteiger partial charge is 0.251 e. The topological polar surface area (TPSA) is 96.2 Å². The van der Waals surface area contributed by atoms with E-state index in [-0.39, 0.29) is 28.7 Å². The molecule has 204 valence electrons. The van der Waals surface area contributed by atoms with Crippen molar-refractivity contribution in [3.8, 4) is 11.5 Å². The maximum Gasteiger partial charge on any atom is 0.251 e. The molecular formula is C31H35N3O5. The van der Waals surface area contributed by atoms with Crippen molar-refractivity contribution in [2.45, 2.75) is 74.6 Å². The summed E-state index contributed by atoms with van der Waals surface area (Å²) in [6, 6.07) is 11.0. The van der Waals surface area contributed by atoms with Crippen LogP contribution in [0.2, 0.25) is 0 Å². The standard InChI is InChI=1S/C31H35N3O5/c1-19-4-3-5-20(16-19)8-11-26(36)32(2)23-12-13-31(34(37)38)25-17-22-9-10-24(35)28-27(22)30(31,29(23)39-28)14-15-33(25)18-21-6-7-21/h3-5,8-11,16,21,23,25,29,35H,6-7,12-15,17-18H2,1-2H3/t23-,25+,29-,30-,31?/m0/s1. The van der Waals surface area contributed by atoms with Crippen LogP contribution < -0.4 is 4.74 Å². The molecule has 0 aromatic heterocycles. The van der Waals surface area contributed by atoms with E-state index in [4.69, 9.17) is 4.74 Å². The lowest BCUT2D eigenvalue weighted by Gasteiger charge is -2.61. The highest BCUT2D eigenvalue weighted by atomic mass is 16.6. The Balaban J connectivity index is 1.29. The van der Waals surface area contributed by atoms with Crippen molar-refractivity contribution in [1.29, 1.82) is 0 Å². The van der Waals surface area contributed by atoms with E-state index in [9.17, 15) is 20.0 Å². The number of likely N-dealkylation sites (tertiary alicyclic amines) is 1. The van der Waals surface area contributed by atoms with E-state index in [1.807, 2.05) is 43.3 Å². The van der Waals surface area contributed by atoms with Crippen LogP contribution in [0.15, 0.2) is 42.5 Å². The fraction of sp³-hybridized carbons (Fsp3) is 0.516. The number of piperidine rings is 1. The lowest BCUT2D eigenvalue weighted by Crippen LogP contribution is -2.80. The summed E-state index contributed by atoms with van der Waals surface area (Å²) in [5.41, 5.74) is 1.83. The number of nitrogens with zero attached hydrogens (tertiary/aromatic N) is 3. The highest BCUT2D eigenvalue weighted by Crippen LogP contribution is 2.67. The number of nitro groups is 1. The predicted octanol–water partition coefficient (Wildman–Crippen LogP) is 4.09. The Bertz CT molecular complexity index is 1400. The molecule has 8 nitrogen and oxygen atoms in total. The Morgan fingerprint density at radius 2 is 2.08 bits per heavy atom. The Morgan fingerprint density at radius 1 is 1.26 bits per heavy atom. The van der Waals surface area contributed by atoms with Crippen molar-refractivity contribution >= 4 is 12.0 Å². The number of ether oxygens (including phenoxy) is 1. The summed E-state index contributed by atoms with van der Waals surface area (Å²) in [5, 5.41) is 24.2. The van der Waals surface area contributed by atoms with Crippen LogP contribution in [0.4, 0.5) is 0 Å². The number of phenols is 1. The van der Waals surface area contributed by atoms with E-state index in [1.54, 1.807) is 24.1 Å². The second kappa shape index (κ2) is 8.55. The number of aryl methyl sites for hydroxylation is 1. The minimum Gasteiger partial charge on any atom is -0.504 e. The van der Waals surface area contributed by atoms with Gasteiger partial charge in [-0.1, -0.05) is 35.9 Å². The van der Waals surface area contributed by atoms with E-state index in [1.165, 1.54) is 12.8 Å². The summed E-state index contributed by atoms with van der Waals surface area (Å²) in [7, 11) is 1.78. The van der Waals surface area contributed by atoms with Gasteiger partial charge in [0, 0.05) is 36.6 Å². The maximum absolute atomic E-state index is 13.4. The third-order valence-corrected chi connectivity index (χ3v) is 10.4. The van der Waals surface area contributed by atoms with E-state index in [0.717, 1.165) is 35.3 Å². The molecule has 0 radical (unpaired) electrons. The third-order valence-electron chi connectivity index (χ3n) is 10.4. The zero-order chi connectivity index (χ0) is 27.1. The summed E-state index contributed by atoms with van der Waals surface area (Å²) in [4.78, 5) is 30.8. The van der Waals surface area contributed by atoms with E-state index in [2.05, 4.69) is 4.90 Å². The molecule has 5 aliphatic rings. The lowest BCUT2D eigenvalue weighted by atomic mass is 9.46. The molecule has 1 amide bonds. The van der Waals surface area contributed by atoms with Crippen LogP contribution in [0, 0.1) is 23.0 Å². The van der Waals surface area contributed by atoms with Gasteiger partial charge >= 0.3 is 0 Å². The summed E-state index contributed by atoms with van der Waals surface area (Å²) in [6.07, 6.45) is 7.23. The Labute approximate surface area is 228 Å². The normalized spacial score (nSPS) is 32.5. The summed E-state index contributed by atoms with van der Waals surface area (Å²) in [6.45, 7) is 3.69. The third kappa shape index (κ3) is 3.36. The molecule has 2 heterocycles. The van der Waals surface area contributed by atoms with Crippen molar-refractivity contribution in [2.24, 2.45) is 5.92 Å². The van der Waals surface area contributed by atoms with E-state index >= 15 is 0 Å². The number of hydrogen-bond donors (Lipinski definition) is 1. The van der Waals surface area contributed by atoms with Crippen LogP contribution in [0.3, 0.4) is 0 Å². The second-order valence-electron chi connectivity index (χ2n) is 12.3. The van der Waals surface area contributed by atoms with Gasteiger partial charge in [-0.2, -0.15) is 0 Å². The molecule has 2 aliphatic heterocycles. The van der Waals surface area contributed by atoms with Crippen molar-refractivity contribution in [1.82, 2.24) is 9.80 Å². The highest BCUT2D eigenvalue weighted by molar-refractivity contribution is 5.92. The van der Waals surface area contributed by atoms with Crippen molar-refractivity contribution < 1.29 is 19.6 Å². The van der Waals surface area contributed by atoms with Gasteiger partial charge in [-0.15, -0.1) is 0 Å². The molecular weight excluding hydrogens is 494 g/mol. The van der Waals surface area contributed by atoms with Gasteiger partial charge in [-0.05, 0) is 74.8 Å². The molecule has 3 fully saturated rings. The van der Waals surface area contributed by atoms with Crippen LogP contribution in [0.5, 0.6) is 11.5 Å². The minimum absolute atomic E-state index is 0.00907. The molecule has 2 aromatic rings. The highest BCUT2D eigenvalue weighted by Gasteiger charge is 2.80. The molecule has 3 aliphatic carbocycles. The van der Waals surface area contributed by atoms with Gasteiger partial charge in [0.05, 0.1) is 12.1 Å². The number of hydrogen-bond acceptors (Lipinski definition) is 6. The maximum atomic E-state index is 13.4. The van der Waals surface area contributed by atoms with Gasteiger partial charge in [0.15, 0.2) is 11.5 Å². The fourth-order valence-corrected chi connectivity index (χ4v) is 8.45. The average Bonchev–Trinajstić information content (AvgIpc) is 3.67. The first kappa shape index (κ1) is 24.6. The van der Waals surface area contributed by atoms with Gasteiger partial charge in [-0.3, -0.25) is 19.8 Å². The predicted molar refractivity (Wildman–Crippen MR) is 146 cm³/mol. The molecule has 7 rings (SSSR count). The first-order chi connectivity index (χ1) is 18.8. The molecule has 2 saturated carbocycles. The van der Waals surface area contributed by atoms with Gasteiger partial charge in [0.2, 0.25) is 5.91 Å². The first-order valence-electron chi connectivity index (χ1n) is 14.2. The van der Waals surface area contributed by atoms with Crippen molar-refractivity contribution in [3.05, 3.63) is 74.8 Å². The molecule has 39 heavy (non-hydrogen) atoms. The number of carbonyl (C=O) groups excluding carboxylic acids is 1. The fourth-order valence-electron chi connectivity index (χ4n) is 8.45. The molecule has 1 saturated heterocycles. The number of phenolic OH excluding ortho intramolecular Hbond substituents is 1. The van der Waals surface area contributed by atoms with Crippen LogP contribution in [-0.4, -0.2) is 69.6 Å². The Hall–Kier alpha value is -3.39. The van der Waals surface area contributed by atoms with Crippen LogP contribution in [0.1, 0.15) is 54.4 Å². The number of rotatable bonds is 6. The first-order valence-corrected chi connectivity index (χ1v) is 14.2. The number of carbonyl (C=O) groups is 1. The molecule has 1 spiro atoms. The number of benzene rings is 2. The number of likely N-dealkylation sites (N-methyl/N-ethyl adjacent to an activating group) is 1. The van der Waals surface area contributed by atoms with Crippen molar-refractivity contribution in [3.63, 3.8) is 0 Å². The van der Waals surface area contributed by atoms with Crippen molar-refractivity contribution in [2.75, 3.05) is 20.1 Å². The molecule has 2 aromatic carbocycles. The molecule has 1 unspecified atom stereocenters. The molecule has 8 heteroatoms. The van der Waals surface area contributed by atoms with Crippen LogP contribution in [0.25, 0.3) is 6.08 Å². The van der Waals surface area contributed by atoms with Crippen LogP contribution in [-0.2, 0) is 16.6 Å². The average molecular weight is 530 g/mol. The van der Waals surface area contributed by atoms with Gasteiger partial charge in [0.1, 0.15) is 11.5 Å². The van der Waals surface area contributed by atoms with Crippen LogP contribution >= 0.6 is 0 Å². The second-order valence-corrected chi connectivity index (χ2v) is 12.3. The zero-order valence-electron chi connectivity index (χ0n) is 22.5. The zero-order valence-corrected chi connectivity index (χ0v) is 22.5. The van der Waals surface area contributed by atoms with E-state index < -0.39 is 17.1 Å². The summed E-state index contributed by atoms with van der Waals surface area (Å²) >= 11 is 0. The number of amides is 1. The Morgan fingerprint density at radius 3 is 2.82 bits per heavy atom. The monoisotopic (exact) mass is 529 g/mol. The summed E-state index contributed by atoms with van der Waals surface area (Å²) in [5.74, 6) is 0.895. The van der Waals surface area contributed by atoms with E-state index in [0.29, 0.717) is 37.4 Å². The largest absolute Gasteiger partial charge is 0.504 e. The molecule has 5 atom stereocenters.